The van der Waals surface area contributed by atoms with Crippen molar-refractivity contribution in [3.8, 4) is 5.75 Å². The number of carbonyl (C=O) groups is 2. The van der Waals surface area contributed by atoms with Crippen LogP contribution in [0, 0.1) is 11.6 Å². The molecule has 1 heterocycles. The molecular formula is C16H12F2N2O3. The first kappa shape index (κ1) is 15.0. The van der Waals surface area contributed by atoms with Crippen molar-refractivity contribution in [2.24, 2.45) is 0 Å². The monoisotopic (exact) mass is 318 g/mol. The lowest BCUT2D eigenvalue weighted by Crippen LogP contribution is -2.34. The number of nitrogens with one attached hydrogen (secondary N) is 2. The van der Waals surface area contributed by atoms with E-state index < -0.39 is 23.6 Å². The predicted molar refractivity (Wildman–Crippen MR) is 79.5 cm³/mol. The Balaban J connectivity index is 1.80. The summed E-state index contributed by atoms with van der Waals surface area (Å²) in [7, 11) is 0. The van der Waals surface area contributed by atoms with Gasteiger partial charge in [0.15, 0.2) is 17.7 Å². The fourth-order valence-electron chi connectivity index (χ4n) is 2.13. The van der Waals surface area contributed by atoms with E-state index in [2.05, 4.69) is 10.6 Å². The molecule has 2 N–H and O–H groups in total. The van der Waals surface area contributed by atoms with Crippen LogP contribution in [0.1, 0.15) is 17.3 Å². The van der Waals surface area contributed by atoms with Crippen molar-refractivity contribution in [1.29, 1.82) is 0 Å². The Kier molecular flexibility index (Phi) is 3.69. The van der Waals surface area contributed by atoms with Gasteiger partial charge >= 0.3 is 0 Å². The van der Waals surface area contributed by atoms with Crippen molar-refractivity contribution < 1.29 is 23.1 Å². The summed E-state index contributed by atoms with van der Waals surface area (Å²) in [6.07, 6.45) is -0.592. The molecule has 118 valence electrons. The van der Waals surface area contributed by atoms with Crippen LogP contribution in [-0.4, -0.2) is 17.9 Å². The lowest BCUT2D eigenvalue weighted by atomic mass is 10.1. The lowest BCUT2D eigenvalue weighted by molar-refractivity contribution is -0.122. The van der Waals surface area contributed by atoms with Crippen molar-refractivity contribution in [3.05, 3.63) is 53.6 Å². The van der Waals surface area contributed by atoms with Crippen LogP contribution in [0.2, 0.25) is 0 Å². The summed E-state index contributed by atoms with van der Waals surface area (Å²) in [4.78, 5) is 23.6. The van der Waals surface area contributed by atoms with Crippen LogP contribution in [-0.2, 0) is 4.79 Å². The van der Waals surface area contributed by atoms with E-state index in [-0.39, 0.29) is 11.5 Å². The van der Waals surface area contributed by atoms with Crippen LogP contribution in [0.25, 0.3) is 0 Å². The maximum atomic E-state index is 13.2. The number of ether oxygens (including phenoxy) is 1. The Hall–Kier alpha value is -2.96. The first-order valence-corrected chi connectivity index (χ1v) is 6.82. The van der Waals surface area contributed by atoms with Crippen molar-refractivity contribution in [1.82, 2.24) is 0 Å². The molecule has 1 aliphatic rings. The number of hydrogen-bond acceptors (Lipinski definition) is 3. The molecule has 1 unspecified atom stereocenters. The minimum absolute atomic E-state index is 0.0180. The highest BCUT2D eigenvalue weighted by atomic mass is 19.2. The summed E-state index contributed by atoms with van der Waals surface area (Å²) in [6, 6.07) is 7.59. The van der Waals surface area contributed by atoms with Gasteiger partial charge in [-0.2, -0.15) is 0 Å². The van der Waals surface area contributed by atoms with Gasteiger partial charge in [-0.1, -0.05) is 0 Å². The van der Waals surface area contributed by atoms with Crippen LogP contribution in [0.15, 0.2) is 36.4 Å². The topological polar surface area (TPSA) is 67.4 Å². The predicted octanol–water partition coefficient (Wildman–Crippen LogP) is 2.94. The molecule has 1 atom stereocenters. The fraction of sp³-hybridized carbons (Fsp3) is 0.125. The van der Waals surface area contributed by atoms with Gasteiger partial charge in [0, 0.05) is 11.3 Å². The number of benzene rings is 2. The van der Waals surface area contributed by atoms with E-state index in [4.69, 9.17) is 4.74 Å². The Labute approximate surface area is 130 Å². The van der Waals surface area contributed by atoms with Crippen molar-refractivity contribution in [2.75, 3.05) is 10.6 Å². The van der Waals surface area contributed by atoms with Gasteiger partial charge in [0.05, 0.1) is 5.69 Å². The maximum absolute atomic E-state index is 13.2. The molecule has 0 aliphatic carbocycles. The third-order valence-corrected chi connectivity index (χ3v) is 3.35. The number of halogens is 2. The molecular weight excluding hydrogens is 306 g/mol. The van der Waals surface area contributed by atoms with Crippen LogP contribution in [0.4, 0.5) is 20.2 Å². The van der Waals surface area contributed by atoms with E-state index in [1.54, 1.807) is 19.1 Å². The molecule has 3 rings (SSSR count). The SMILES string of the molecule is CC1Oc2ccc(NC(=O)c3ccc(F)c(F)c3)cc2NC1=O. The molecule has 2 aromatic carbocycles. The normalized spacial score (nSPS) is 16.1. The quantitative estimate of drug-likeness (QED) is 0.894. The average Bonchev–Trinajstić information content (AvgIpc) is 2.51. The largest absolute Gasteiger partial charge is 0.479 e. The van der Waals surface area contributed by atoms with Crippen molar-refractivity contribution in [3.63, 3.8) is 0 Å². The molecule has 0 fully saturated rings. The molecule has 0 spiro atoms. The van der Waals surface area contributed by atoms with Crippen LogP contribution in [0.3, 0.4) is 0 Å². The van der Waals surface area contributed by atoms with E-state index in [9.17, 15) is 18.4 Å². The van der Waals surface area contributed by atoms with E-state index in [0.717, 1.165) is 12.1 Å². The summed E-state index contributed by atoms with van der Waals surface area (Å²) in [6.45, 7) is 1.62. The molecule has 1 aliphatic heterocycles. The molecule has 2 amide bonds. The number of hydrogen-bond donors (Lipinski definition) is 2. The molecule has 23 heavy (non-hydrogen) atoms. The van der Waals surface area contributed by atoms with Gasteiger partial charge in [0.2, 0.25) is 0 Å². The van der Waals surface area contributed by atoms with E-state index >= 15 is 0 Å². The minimum atomic E-state index is -1.10. The minimum Gasteiger partial charge on any atom is -0.479 e. The zero-order valence-electron chi connectivity index (χ0n) is 12.0. The fourth-order valence-corrected chi connectivity index (χ4v) is 2.13. The molecule has 5 nitrogen and oxygen atoms in total. The third-order valence-electron chi connectivity index (χ3n) is 3.35. The molecule has 2 aromatic rings. The molecule has 0 radical (unpaired) electrons. The van der Waals surface area contributed by atoms with Crippen LogP contribution < -0.4 is 15.4 Å². The summed E-state index contributed by atoms with van der Waals surface area (Å²) < 4.78 is 31.5. The number of carbonyl (C=O) groups excluding carboxylic acids is 2. The van der Waals surface area contributed by atoms with Gasteiger partial charge in [-0.25, -0.2) is 8.78 Å². The van der Waals surface area contributed by atoms with E-state index in [0.29, 0.717) is 17.1 Å². The highest BCUT2D eigenvalue weighted by Crippen LogP contribution is 2.32. The molecule has 0 saturated heterocycles. The van der Waals surface area contributed by atoms with Gasteiger partial charge in [0.1, 0.15) is 5.75 Å². The Bertz CT molecular complexity index is 808. The molecule has 0 bridgehead atoms. The smallest absolute Gasteiger partial charge is 0.265 e. The number of anilines is 2. The lowest BCUT2D eigenvalue weighted by Gasteiger charge is -2.23. The Morgan fingerprint density at radius 2 is 1.96 bits per heavy atom. The zero-order chi connectivity index (χ0) is 16.6. The second-order valence-corrected chi connectivity index (χ2v) is 5.04. The highest BCUT2D eigenvalue weighted by Gasteiger charge is 2.23. The van der Waals surface area contributed by atoms with Crippen molar-refractivity contribution >= 4 is 23.2 Å². The van der Waals surface area contributed by atoms with Gasteiger partial charge in [-0.05, 0) is 43.3 Å². The Morgan fingerprint density at radius 3 is 2.70 bits per heavy atom. The van der Waals surface area contributed by atoms with Gasteiger partial charge in [0.25, 0.3) is 11.8 Å². The van der Waals surface area contributed by atoms with E-state index in [1.165, 1.54) is 12.1 Å². The Morgan fingerprint density at radius 1 is 1.17 bits per heavy atom. The molecule has 0 saturated carbocycles. The van der Waals surface area contributed by atoms with Gasteiger partial charge in [-0.15, -0.1) is 0 Å². The average molecular weight is 318 g/mol. The molecule has 7 heteroatoms. The van der Waals surface area contributed by atoms with E-state index in [1.807, 2.05) is 0 Å². The van der Waals surface area contributed by atoms with Gasteiger partial charge < -0.3 is 15.4 Å². The third kappa shape index (κ3) is 2.98. The summed E-state index contributed by atoms with van der Waals surface area (Å²) >= 11 is 0. The highest BCUT2D eigenvalue weighted by molar-refractivity contribution is 6.05. The van der Waals surface area contributed by atoms with Crippen molar-refractivity contribution in [2.45, 2.75) is 13.0 Å². The van der Waals surface area contributed by atoms with Crippen LogP contribution in [0.5, 0.6) is 5.75 Å². The van der Waals surface area contributed by atoms with Crippen LogP contribution >= 0.6 is 0 Å². The van der Waals surface area contributed by atoms with Gasteiger partial charge in [-0.3, -0.25) is 9.59 Å². The number of fused-ring (bicyclic) bond motifs is 1. The molecule has 0 aromatic heterocycles. The zero-order valence-corrected chi connectivity index (χ0v) is 12.0. The standard InChI is InChI=1S/C16H12F2N2O3/c1-8-15(21)20-13-7-10(3-5-14(13)23-8)19-16(22)9-2-4-11(17)12(18)6-9/h2-8H,1H3,(H,19,22)(H,20,21). The number of rotatable bonds is 2. The second kappa shape index (κ2) is 5.68. The summed E-state index contributed by atoms with van der Waals surface area (Å²) in [5, 5.41) is 5.20. The summed E-state index contributed by atoms with van der Waals surface area (Å²) in [5.41, 5.74) is 0.795. The number of amides is 2. The summed E-state index contributed by atoms with van der Waals surface area (Å²) in [5.74, 6) is -2.52. The second-order valence-electron chi connectivity index (χ2n) is 5.04. The maximum Gasteiger partial charge on any atom is 0.265 e. The first-order valence-electron chi connectivity index (χ1n) is 6.82. The first-order chi connectivity index (χ1) is 10.9.